The maximum absolute atomic E-state index is 10.8. The Bertz CT molecular complexity index is 580. The van der Waals surface area contributed by atoms with E-state index in [-0.39, 0.29) is 24.1 Å². The molecule has 1 heterocycles. The topological polar surface area (TPSA) is 128 Å². The molecule has 2 aliphatic rings. The van der Waals surface area contributed by atoms with Crippen LogP contribution in [0, 0.1) is 0 Å². The molecule has 137 valence electrons. The summed E-state index contributed by atoms with van der Waals surface area (Å²) < 4.78 is 11.1. The molecule has 0 spiro atoms. The minimum Gasteiger partial charge on any atom is -0.478 e. The number of aliphatic hydroxyl groups excluding tert-OH is 3. The predicted molar refractivity (Wildman–Crippen MR) is 81.7 cm³/mol. The van der Waals surface area contributed by atoms with Crippen LogP contribution >= 0.6 is 0 Å². The van der Waals surface area contributed by atoms with Gasteiger partial charge in [0.2, 0.25) is 6.29 Å². The van der Waals surface area contributed by atoms with Gasteiger partial charge >= 0.3 is 5.97 Å². The SMILES string of the molecule is O=C(O)c1ccc(O[C@H]2OC(CNC3CC3)[C@@H](O)C(O)C2O)cc1.[V]. The first-order chi connectivity index (χ1) is 11.5. The molecule has 1 aliphatic carbocycles. The van der Waals surface area contributed by atoms with Gasteiger partial charge in [0.15, 0.2) is 0 Å². The van der Waals surface area contributed by atoms with Crippen molar-refractivity contribution < 1.29 is 53.3 Å². The van der Waals surface area contributed by atoms with Crippen molar-refractivity contribution in [3.63, 3.8) is 0 Å². The Morgan fingerprint density at radius 1 is 1.12 bits per heavy atom. The number of ether oxygens (including phenoxy) is 2. The smallest absolute Gasteiger partial charge is 0.335 e. The Morgan fingerprint density at radius 3 is 2.32 bits per heavy atom. The summed E-state index contributed by atoms with van der Waals surface area (Å²) in [6, 6.07) is 6.02. The Morgan fingerprint density at radius 2 is 1.76 bits per heavy atom. The first-order valence-electron chi connectivity index (χ1n) is 7.89. The van der Waals surface area contributed by atoms with Crippen LogP contribution in [0.15, 0.2) is 24.3 Å². The number of hydrogen-bond donors (Lipinski definition) is 5. The van der Waals surface area contributed by atoms with Crippen LogP contribution < -0.4 is 10.1 Å². The number of aromatic carboxylic acids is 1. The minimum absolute atomic E-state index is 0. The number of aliphatic hydroxyl groups is 3. The van der Waals surface area contributed by atoms with Crippen molar-refractivity contribution >= 4 is 5.97 Å². The molecule has 5 atom stereocenters. The molecular formula is C16H21NO7V. The maximum atomic E-state index is 10.8. The van der Waals surface area contributed by atoms with Crippen molar-refractivity contribution in [3.8, 4) is 5.75 Å². The van der Waals surface area contributed by atoms with E-state index in [1.54, 1.807) is 0 Å². The second-order valence-electron chi connectivity index (χ2n) is 6.14. The van der Waals surface area contributed by atoms with Crippen molar-refractivity contribution in [3.05, 3.63) is 29.8 Å². The van der Waals surface area contributed by atoms with Crippen molar-refractivity contribution in [2.24, 2.45) is 0 Å². The summed E-state index contributed by atoms with van der Waals surface area (Å²) in [4.78, 5) is 10.8. The average molecular weight is 390 g/mol. The first kappa shape index (κ1) is 20.2. The van der Waals surface area contributed by atoms with Crippen LogP contribution in [0.1, 0.15) is 23.2 Å². The van der Waals surface area contributed by atoms with E-state index in [2.05, 4.69) is 5.32 Å². The van der Waals surface area contributed by atoms with Crippen molar-refractivity contribution in [1.29, 1.82) is 0 Å². The molecule has 2 fully saturated rings. The Hall–Kier alpha value is -1.13. The van der Waals surface area contributed by atoms with Crippen LogP contribution in [0.5, 0.6) is 5.75 Å². The fourth-order valence-corrected chi connectivity index (χ4v) is 2.56. The molecule has 3 unspecified atom stereocenters. The number of benzene rings is 1. The largest absolute Gasteiger partial charge is 0.478 e. The number of hydrogen-bond acceptors (Lipinski definition) is 7. The zero-order valence-electron chi connectivity index (χ0n) is 13.4. The van der Waals surface area contributed by atoms with E-state index in [0.717, 1.165) is 12.8 Å². The third kappa shape index (κ3) is 4.95. The molecule has 5 N–H and O–H groups in total. The van der Waals surface area contributed by atoms with E-state index in [9.17, 15) is 20.1 Å². The van der Waals surface area contributed by atoms with E-state index in [1.807, 2.05) is 0 Å². The van der Waals surface area contributed by atoms with Crippen LogP contribution in [-0.2, 0) is 23.3 Å². The van der Waals surface area contributed by atoms with E-state index < -0.39 is 36.7 Å². The van der Waals surface area contributed by atoms with Crippen LogP contribution in [0.25, 0.3) is 0 Å². The van der Waals surface area contributed by atoms with E-state index in [0.29, 0.717) is 18.3 Å². The summed E-state index contributed by atoms with van der Waals surface area (Å²) in [6.45, 7) is 0.341. The second kappa shape index (κ2) is 8.50. The van der Waals surface area contributed by atoms with Crippen LogP contribution in [-0.4, -0.2) is 69.7 Å². The summed E-state index contributed by atoms with van der Waals surface area (Å²) in [7, 11) is 0. The number of carbonyl (C=O) groups is 1. The van der Waals surface area contributed by atoms with E-state index in [4.69, 9.17) is 14.6 Å². The molecule has 0 bridgehead atoms. The standard InChI is InChI=1S/C16H21NO7.V/c18-12-11(7-17-9-3-4-9)24-16(14(20)13(12)19)23-10-5-1-8(2-6-10)15(21)22;/h1-2,5-6,9,11-14,16-20H,3-4,7H2,(H,21,22);/t11?,12-,13?,14?,16+;/m1./s1. The van der Waals surface area contributed by atoms with Crippen molar-refractivity contribution in [2.75, 3.05) is 6.54 Å². The average Bonchev–Trinajstić information content (AvgIpc) is 3.39. The Labute approximate surface area is 156 Å². The Kier molecular flexibility index (Phi) is 6.87. The minimum atomic E-state index is -1.42. The van der Waals surface area contributed by atoms with Crippen molar-refractivity contribution in [1.82, 2.24) is 5.32 Å². The number of nitrogens with one attached hydrogen (secondary N) is 1. The fourth-order valence-electron chi connectivity index (χ4n) is 2.56. The van der Waals surface area contributed by atoms with Gasteiger partial charge in [0.1, 0.15) is 30.2 Å². The first-order valence-corrected chi connectivity index (χ1v) is 7.89. The molecule has 0 aromatic heterocycles. The molecule has 1 aromatic rings. The van der Waals surface area contributed by atoms with Gasteiger partial charge < -0.3 is 35.2 Å². The van der Waals surface area contributed by atoms with Gasteiger partial charge in [-0.3, -0.25) is 0 Å². The molecule has 0 amide bonds. The molecule has 1 aliphatic heterocycles. The van der Waals surface area contributed by atoms with Crippen LogP contribution in [0.2, 0.25) is 0 Å². The summed E-state index contributed by atoms with van der Waals surface area (Å²) in [5.41, 5.74) is 0.106. The van der Waals surface area contributed by atoms with Gasteiger partial charge in [0, 0.05) is 31.1 Å². The summed E-state index contributed by atoms with van der Waals surface area (Å²) in [5.74, 6) is -0.762. The van der Waals surface area contributed by atoms with Gasteiger partial charge in [-0.15, -0.1) is 0 Å². The molecule has 25 heavy (non-hydrogen) atoms. The third-order valence-corrected chi connectivity index (χ3v) is 4.21. The predicted octanol–water partition coefficient (Wildman–Crippen LogP) is -0.679. The molecular weight excluding hydrogens is 369 g/mol. The zero-order valence-corrected chi connectivity index (χ0v) is 14.8. The summed E-state index contributed by atoms with van der Waals surface area (Å²) in [5, 5.41) is 42.1. The molecule has 8 nitrogen and oxygen atoms in total. The summed E-state index contributed by atoms with van der Waals surface area (Å²) in [6.07, 6.45) is -3.77. The molecule has 1 aromatic carbocycles. The van der Waals surface area contributed by atoms with Gasteiger partial charge in [-0.05, 0) is 37.1 Å². The molecule has 1 saturated carbocycles. The summed E-state index contributed by atoms with van der Waals surface area (Å²) >= 11 is 0. The fraction of sp³-hybridized carbons (Fsp3) is 0.562. The molecule has 1 radical (unpaired) electrons. The van der Waals surface area contributed by atoms with Crippen LogP contribution in [0.3, 0.4) is 0 Å². The molecule has 1 saturated heterocycles. The van der Waals surface area contributed by atoms with Gasteiger partial charge in [-0.2, -0.15) is 0 Å². The number of rotatable bonds is 6. The Balaban J connectivity index is 0.00000225. The van der Waals surface area contributed by atoms with Crippen LogP contribution in [0.4, 0.5) is 0 Å². The monoisotopic (exact) mass is 390 g/mol. The van der Waals surface area contributed by atoms with Crippen molar-refractivity contribution in [2.45, 2.75) is 49.6 Å². The molecule has 3 rings (SSSR count). The molecule has 9 heteroatoms. The second-order valence-corrected chi connectivity index (χ2v) is 6.14. The van der Waals surface area contributed by atoms with E-state index >= 15 is 0 Å². The quantitative estimate of drug-likeness (QED) is 0.432. The number of carboxylic acids is 1. The van der Waals surface area contributed by atoms with Gasteiger partial charge in [-0.25, -0.2) is 4.79 Å². The number of carboxylic acid groups (broad SMARTS) is 1. The normalized spacial score (nSPS) is 31.9. The van der Waals surface area contributed by atoms with Gasteiger partial charge in [0.25, 0.3) is 0 Å². The van der Waals surface area contributed by atoms with E-state index in [1.165, 1.54) is 24.3 Å². The van der Waals surface area contributed by atoms with Gasteiger partial charge in [-0.1, -0.05) is 0 Å². The zero-order chi connectivity index (χ0) is 17.3. The third-order valence-electron chi connectivity index (χ3n) is 4.21. The van der Waals surface area contributed by atoms with Gasteiger partial charge in [0.05, 0.1) is 5.56 Å². The maximum Gasteiger partial charge on any atom is 0.335 e.